The van der Waals surface area contributed by atoms with Gasteiger partial charge in [0.05, 0.1) is 0 Å². The van der Waals surface area contributed by atoms with Crippen molar-refractivity contribution in [2.24, 2.45) is 5.73 Å². The van der Waals surface area contributed by atoms with E-state index >= 15 is 0 Å². The Morgan fingerprint density at radius 1 is 1.38 bits per heavy atom. The van der Waals surface area contributed by atoms with Gasteiger partial charge in [-0.25, -0.2) is 9.59 Å². The van der Waals surface area contributed by atoms with Crippen molar-refractivity contribution in [1.29, 1.82) is 0 Å². The molecular formula is C13H16BrN3O4. The normalized spacial score (nSPS) is 11.5. The molecule has 114 valence electrons. The van der Waals surface area contributed by atoms with Gasteiger partial charge in [-0.2, -0.15) is 0 Å². The summed E-state index contributed by atoms with van der Waals surface area (Å²) in [5, 5.41) is 13.8. The number of amides is 3. The summed E-state index contributed by atoms with van der Waals surface area (Å²) in [6.07, 6.45) is -0.175. The highest BCUT2D eigenvalue weighted by Gasteiger charge is 2.20. The number of aliphatic carboxylic acids is 1. The van der Waals surface area contributed by atoms with Gasteiger partial charge in [0, 0.05) is 16.6 Å². The summed E-state index contributed by atoms with van der Waals surface area (Å²) in [5.74, 6) is -1.84. The smallest absolute Gasteiger partial charge is 0.326 e. The lowest BCUT2D eigenvalue weighted by molar-refractivity contribution is -0.139. The van der Waals surface area contributed by atoms with Gasteiger partial charge in [0.1, 0.15) is 6.04 Å². The Balaban J connectivity index is 2.65. The Morgan fingerprint density at radius 3 is 2.57 bits per heavy atom. The number of benzene rings is 1. The maximum Gasteiger partial charge on any atom is 0.326 e. The zero-order chi connectivity index (χ0) is 16.0. The van der Waals surface area contributed by atoms with Crippen LogP contribution in [-0.4, -0.2) is 29.1 Å². The van der Waals surface area contributed by atoms with Gasteiger partial charge in [-0.1, -0.05) is 15.9 Å². The van der Waals surface area contributed by atoms with Crippen molar-refractivity contribution in [2.45, 2.75) is 25.8 Å². The highest BCUT2D eigenvalue weighted by atomic mass is 79.9. The molecule has 0 spiro atoms. The Hall–Kier alpha value is -2.09. The monoisotopic (exact) mass is 357 g/mol. The lowest BCUT2D eigenvalue weighted by Gasteiger charge is -2.15. The highest BCUT2D eigenvalue weighted by molar-refractivity contribution is 9.10. The van der Waals surface area contributed by atoms with Crippen LogP contribution in [0.3, 0.4) is 0 Å². The highest BCUT2D eigenvalue weighted by Crippen LogP contribution is 2.19. The molecule has 0 bridgehead atoms. The number of aryl methyl sites for hydroxylation is 1. The molecule has 0 radical (unpaired) electrons. The summed E-state index contributed by atoms with van der Waals surface area (Å²) in [7, 11) is 0. The molecule has 0 heterocycles. The van der Waals surface area contributed by atoms with Crippen LogP contribution in [0.1, 0.15) is 18.4 Å². The number of rotatable bonds is 6. The third kappa shape index (κ3) is 5.82. The lowest BCUT2D eigenvalue weighted by atomic mass is 10.1. The fourth-order valence-electron chi connectivity index (χ4n) is 1.63. The minimum absolute atomic E-state index is 0.0581. The van der Waals surface area contributed by atoms with Crippen molar-refractivity contribution in [3.05, 3.63) is 28.2 Å². The second-order valence-corrected chi connectivity index (χ2v) is 5.37. The van der Waals surface area contributed by atoms with Crippen LogP contribution in [-0.2, 0) is 9.59 Å². The standard InChI is InChI=1S/C13H16BrN3O4/c1-7-6-8(14)2-3-9(7)16-13(21)17-10(12(19)20)4-5-11(15)18/h2-3,6,10H,4-5H2,1H3,(H2,15,18)(H,19,20)(H2,16,17,21)/t10-/m1/s1. The zero-order valence-corrected chi connectivity index (χ0v) is 12.9. The van der Waals surface area contributed by atoms with E-state index in [-0.39, 0.29) is 12.8 Å². The van der Waals surface area contributed by atoms with E-state index in [4.69, 9.17) is 10.8 Å². The first kappa shape index (κ1) is 17.0. The molecule has 0 saturated carbocycles. The first-order valence-corrected chi connectivity index (χ1v) is 6.93. The Morgan fingerprint density at radius 2 is 2.05 bits per heavy atom. The van der Waals surface area contributed by atoms with Gasteiger partial charge < -0.3 is 21.5 Å². The Bertz CT molecular complexity index is 562. The topological polar surface area (TPSA) is 122 Å². The van der Waals surface area contributed by atoms with Crippen LogP contribution in [0.25, 0.3) is 0 Å². The first-order chi connectivity index (χ1) is 9.79. The van der Waals surface area contributed by atoms with E-state index in [1.807, 2.05) is 13.0 Å². The number of primary amides is 1. The average Bonchev–Trinajstić information content (AvgIpc) is 2.37. The number of carbonyl (C=O) groups is 3. The summed E-state index contributed by atoms with van der Waals surface area (Å²) < 4.78 is 0.871. The number of anilines is 1. The summed E-state index contributed by atoms with van der Waals surface area (Å²) in [4.78, 5) is 33.5. The molecule has 1 aromatic rings. The Labute approximate surface area is 130 Å². The summed E-state index contributed by atoms with van der Waals surface area (Å²) in [5.41, 5.74) is 6.35. The van der Waals surface area contributed by atoms with E-state index in [0.717, 1.165) is 10.0 Å². The van der Waals surface area contributed by atoms with Crippen molar-refractivity contribution in [3.8, 4) is 0 Å². The first-order valence-electron chi connectivity index (χ1n) is 6.14. The third-order valence-corrected chi connectivity index (χ3v) is 3.21. The molecule has 21 heavy (non-hydrogen) atoms. The van der Waals surface area contributed by atoms with Gasteiger partial charge in [-0.15, -0.1) is 0 Å². The molecule has 0 fully saturated rings. The molecule has 0 aromatic heterocycles. The number of hydrogen-bond donors (Lipinski definition) is 4. The number of carboxylic acids is 1. The van der Waals surface area contributed by atoms with Gasteiger partial charge in [-0.3, -0.25) is 4.79 Å². The van der Waals surface area contributed by atoms with Crippen LogP contribution in [0, 0.1) is 6.92 Å². The fraction of sp³-hybridized carbons (Fsp3) is 0.308. The van der Waals surface area contributed by atoms with Crippen molar-refractivity contribution in [2.75, 3.05) is 5.32 Å². The van der Waals surface area contributed by atoms with Crippen LogP contribution in [0.4, 0.5) is 10.5 Å². The predicted molar refractivity (Wildman–Crippen MR) is 80.9 cm³/mol. The molecule has 8 heteroatoms. The molecular weight excluding hydrogens is 342 g/mol. The largest absolute Gasteiger partial charge is 0.480 e. The third-order valence-electron chi connectivity index (χ3n) is 2.72. The minimum Gasteiger partial charge on any atom is -0.480 e. The molecule has 3 amide bonds. The molecule has 1 rings (SSSR count). The lowest BCUT2D eigenvalue weighted by Crippen LogP contribution is -2.43. The van der Waals surface area contributed by atoms with Gasteiger partial charge >= 0.3 is 12.0 Å². The van der Waals surface area contributed by atoms with Gasteiger partial charge in [0.25, 0.3) is 0 Å². The number of hydrogen-bond acceptors (Lipinski definition) is 3. The maximum atomic E-state index is 11.8. The zero-order valence-electron chi connectivity index (χ0n) is 11.4. The second-order valence-electron chi connectivity index (χ2n) is 4.45. The summed E-state index contributed by atoms with van der Waals surface area (Å²) in [6, 6.07) is 3.44. The number of halogens is 1. The molecule has 1 atom stereocenters. The van der Waals surface area contributed by atoms with E-state index in [2.05, 4.69) is 26.6 Å². The van der Waals surface area contributed by atoms with E-state index < -0.39 is 23.9 Å². The van der Waals surface area contributed by atoms with Crippen LogP contribution in [0.15, 0.2) is 22.7 Å². The Kier molecular flexibility index (Phi) is 6.16. The number of carboxylic acid groups (broad SMARTS) is 1. The second kappa shape index (κ2) is 7.63. The molecule has 0 aliphatic rings. The van der Waals surface area contributed by atoms with Crippen molar-refractivity contribution in [3.63, 3.8) is 0 Å². The van der Waals surface area contributed by atoms with Crippen LogP contribution in [0.5, 0.6) is 0 Å². The SMILES string of the molecule is Cc1cc(Br)ccc1NC(=O)N[C@H](CCC(N)=O)C(=O)O. The van der Waals surface area contributed by atoms with Gasteiger partial charge in [-0.05, 0) is 37.1 Å². The number of nitrogens with two attached hydrogens (primary N) is 1. The van der Waals surface area contributed by atoms with Crippen molar-refractivity contribution < 1.29 is 19.5 Å². The molecule has 1 aromatic carbocycles. The molecule has 0 saturated heterocycles. The maximum absolute atomic E-state index is 11.8. The molecule has 0 aliphatic carbocycles. The minimum atomic E-state index is -1.22. The number of nitrogens with one attached hydrogen (secondary N) is 2. The van der Waals surface area contributed by atoms with Crippen LogP contribution < -0.4 is 16.4 Å². The molecule has 0 unspecified atom stereocenters. The number of urea groups is 1. The van der Waals surface area contributed by atoms with Crippen LogP contribution >= 0.6 is 15.9 Å². The average molecular weight is 358 g/mol. The fourth-order valence-corrected chi connectivity index (χ4v) is 2.10. The molecule has 7 nitrogen and oxygen atoms in total. The van der Waals surface area contributed by atoms with E-state index in [9.17, 15) is 14.4 Å². The van der Waals surface area contributed by atoms with Gasteiger partial charge in [0.15, 0.2) is 0 Å². The summed E-state index contributed by atoms with van der Waals surface area (Å²) >= 11 is 3.31. The van der Waals surface area contributed by atoms with Crippen molar-refractivity contribution in [1.82, 2.24) is 5.32 Å². The van der Waals surface area contributed by atoms with E-state index in [1.54, 1.807) is 12.1 Å². The van der Waals surface area contributed by atoms with Gasteiger partial charge in [0.2, 0.25) is 5.91 Å². The van der Waals surface area contributed by atoms with E-state index in [1.165, 1.54) is 0 Å². The van der Waals surface area contributed by atoms with E-state index in [0.29, 0.717) is 5.69 Å². The quantitative estimate of drug-likeness (QED) is 0.617. The predicted octanol–water partition coefficient (Wildman–Crippen LogP) is 1.60. The summed E-state index contributed by atoms with van der Waals surface area (Å²) in [6.45, 7) is 1.81. The molecule has 0 aliphatic heterocycles. The van der Waals surface area contributed by atoms with Crippen molar-refractivity contribution >= 4 is 39.5 Å². The number of carbonyl (C=O) groups excluding carboxylic acids is 2. The van der Waals surface area contributed by atoms with Crippen LogP contribution in [0.2, 0.25) is 0 Å². The molecule has 5 N–H and O–H groups in total.